The maximum atomic E-state index is 4.91. The lowest BCUT2D eigenvalue weighted by molar-refractivity contribution is 0.449. The smallest absolute Gasteiger partial charge is 0.162 e. The Kier molecular flexibility index (Phi) is 3.07. The van der Waals surface area contributed by atoms with E-state index in [-0.39, 0.29) is 6.17 Å². The van der Waals surface area contributed by atoms with E-state index in [1.54, 1.807) is 6.20 Å². The first-order valence-corrected chi connectivity index (χ1v) is 8.97. The van der Waals surface area contributed by atoms with Crippen molar-refractivity contribution in [2.24, 2.45) is 4.99 Å². The number of H-pyrrole nitrogens is 1. The fraction of sp³-hybridized carbons (Fsp3) is 0.0500. The van der Waals surface area contributed by atoms with Crippen LogP contribution in [0.25, 0.3) is 22.2 Å². The van der Waals surface area contributed by atoms with Crippen LogP contribution in [0.3, 0.4) is 0 Å². The van der Waals surface area contributed by atoms with Gasteiger partial charge in [0.25, 0.3) is 0 Å². The van der Waals surface area contributed by atoms with Crippen molar-refractivity contribution in [3.8, 4) is 0 Å². The van der Waals surface area contributed by atoms with Crippen LogP contribution in [0.5, 0.6) is 0 Å². The third-order valence-corrected chi connectivity index (χ3v) is 4.97. The Morgan fingerprint density at radius 1 is 1.14 bits per heavy atom. The fourth-order valence-electron chi connectivity index (χ4n) is 3.56. The van der Waals surface area contributed by atoms with Crippen molar-refractivity contribution >= 4 is 33.8 Å². The second-order valence-corrected chi connectivity index (χ2v) is 6.75. The zero-order valence-corrected chi connectivity index (χ0v) is 14.7. The molecule has 6 rings (SSSR count). The quantitative estimate of drug-likeness (QED) is 0.507. The summed E-state index contributed by atoms with van der Waals surface area (Å²) in [5, 5.41) is 15.0. The molecule has 2 aliphatic rings. The van der Waals surface area contributed by atoms with Crippen molar-refractivity contribution in [3.05, 3.63) is 79.3 Å². The molecular formula is C20H16N8. The predicted molar refractivity (Wildman–Crippen MR) is 108 cm³/mol. The van der Waals surface area contributed by atoms with Crippen LogP contribution in [0.1, 0.15) is 5.56 Å². The van der Waals surface area contributed by atoms with E-state index in [0.717, 1.165) is 39.3 Å². The topological polar surface area (TPSA) is 85.6 Å². The lowest BCUT2D eigenvalue weighted by Crippen LogP contribution is -2.45. The first kappa shape index (κ1) is 15.0. The summed E-state index contributed by atoms with van der Waals surface area (Å²) in [6, 6.07) is 10.2. The molecule has 2 aliphatic heterocycles. The van der Waals surface area contributed by atoms with Gasteiger partial charge in [0, 0.05) is 48.1 Å². The molecule has 3 N–H and O–H groups in total. The number of benzene rings is 1. The molecular weight excluding hydrogens is 352 g/mol. The Morgan fingerprint density at radius 2 is 2.14 bits per heavy atom. The van der Waals surface area contributed by atoms with Crippen molar-refractivity contribution in [2.45, 2.75) is 6.17 Å². The molecule has 8 heteroatoms. The van der Waals surface area contributed by atoms with E-state index >= 15 is 0 Å². The number of aliphatic imine (C=N–C) groups is 1. The minimum atomic E-state index is -0.0573. The van der Waals surface area contributed by atoms with Gasteiger partial charge in [0.1, 0.15) is 5.65 Å². The Hall–Kier alpha value is -4.07. The Balaban J connectivity index is 1.39. The van der Waals surface area contributed by atoms with Gasteiger partial charge in [0.2, 0.25) is 0 Å². The van der Waals surface area contributed by atoms with Gasteiger partial charge in [-0.05, 0) is 18.2 Å². The summed E-state index contributed by atoms with van der Waals surface area (Å²) < 4.78 is 1.98. The Labute approximate surface area is 159 Å². The molecule has 0 amide bonds. The summed E-state index contributed by atoms with van der Waals surface area (Å²) >= 11 is 0. The highest BCUT2D eigenvalue weighted by atomic mass is 15.3. The highest BCUT2D eigenvalue weighted by Crippen LogP contribution is 2.27. The SMILES string of the molecule is C1=CN2C=C(c3ccc4cn[nH]c4c3)N=C(Nc3ccc4nccn4c3)C2N1. The van der Waals surface area contributed by atoms with E-state index in [1.807, 2.05) is 53.7 Å². The molecule has 1 aromatic carbocycles. The normalized spacial score (nSPS) is 18.1. The molecule has 0 aliphatic carbocycles. The molecule has 0 spiro atoms. The zero-order valence-electron chi connectivity index (χ0n) is 14.7. The number of aromatic nitrogens is 4. The molecule has 1 atom stereocenters. The summed E-state index contributed by atoms with van der Waals surface area (Å²) in [6.45, 7) is 0. The Bertz CT molecular complexity index is 1290. The van der Waals surface area contributed by atoms with Crippen LogP contribution in [-0.4, -0.2) is 36.5 Å². The number of aromatic amines is 1. The van der Waals surface area contributed by atoms with Crippen molar-refractivity contribution < 1.29 is 0 Å². The van der Waals surface area contributed by atoms with Gasteiger partial charge < -0.3 is 19.9 Å². The molecule has 1 unspecified atom stereocenters. The molecule has 0 fully saturated rings. The number of rotatable bonds is 2. The van der Waals surface area contributed by atoms with Gasteiger partial charge in [0.05, 0.1) is 23.1 Å². The molecule has 28 heavy (non-hydrogen) atoms. The minimum Gasteiger partial charge on any atom is -0.363 e. The van der Waals surface area contributed by atoms with Crippen LogP contribution in [0.15, 0.2) is 78.7 Å². The molecule has 136 valence electrons. The number of fused-ring (bicyclic) bond motifs is 3. The van der Waals surface area contributed by atoms with Crippen LogP contribution in [0, 0.1) is 0 Å². The third kappa shape index (κ3) is 2.35. The largest absolute Gasteiger partial charge is 0.363 e. The first-order chi connectivity index (χ1) is 13.8. The van der Waals surface area contributed by atoms with Gasteiger partial charge in [-0.2, -0.15) is 5.10 Å². The van der Waals surface area contributed by atoms with Gasteiger partial charge in [-0.3, -0.25) is 5.10 Å². The number of nitrogens with one attached hydrogen (secondary N) is 3. The number of pyridine rings is 1. The lowest BCUT2D eigenvalue weighted by atomic mass is 10.1. The van der Waals surface area contributed by atoms with E-state index in [2.05, 4.69) is 48.9 Å². The number of imidazole rings is 1. The number of hydrogen-bond acceptors (Lipinski definition) is 6. The van der Waals surface area contributed by atoms with Gasteiger partial charge in [-0.1, -0.05) is 12.1 Å². The standard InChI is InChI=1S/C20H16N8/c1-2-14-10-23-26-16(14)9-13(1)17-12-28-8-6-22-20(28)19(25-17)24-15-3-4-18-21-5-7-27(18)11-15/h1-12,20,22H,(H,23,26)(H,24,25). The van der Waals surface area contributed by atoms with Gasteiger partial charge in [-0.15, -0.1) is 0 Å². The van der Waals surface area contributed by atoms with Gasteiger partial charge in [-0.25, -0.2) is 9.98 Å². The van der Waals surface area contributed by atoms with Crippen LogP contribution < -0.4 is 10.6 Å². The molecule has 4 aromatic rings. The minimum absolute atomic E-state index is 0.0573. The van der Waals surface area contributed by atoms with Crippen LogP contribution in [0.4, 0.5) is 5.69 Å². The molecule has 0 saturated carbocycles. The highest BCUT2D eigenvalue weighted by molar-refractivity contribution is 6.04. The molecule has 0 saturated heterocycles. The number of amidine groups is 1. The second kappa shape index (κ2) is 5.71. The molecule has 0 bridgehead atoms. The maximum absolute atomic E-state index is 4.91. The van der Waals surface area contributed by atoms with Crippen LogP contribution >= 0.6 is 0 Å². The van der Waals surface area contributed by atoms with Gasteiger partial charge >= 0.3 is 0 Å². The molecule has 5 heterocycles. The highest BCUT2D eigenvalue weighted by Gasteiger charge is 2.28. The molecule has 0 radical (unpaired) electrons. The van der Waals surface area contributed by atoms with Crippen molar-refractivity contribution in [1.82, 2.24) is 29.8 Å². The predicted octanol–water partition coefficient (Wildman–Crippen LogP) is 2.74. The van der Waals surface area contributed by atoms with E-state index in [0.29, 0.717) is 0 Å². The second-order valence-electron chi connectivity index (χ2n) is 6.75. The first-order valence-electron chi connectivity index (χ1n) is 8.97. The van der Waals surface area contributed by atoms with E-state index in [1.165, 1.54) is 0 Å². The van der Waals surface area contributed by atoms with Crippen molar-refractivity contribution in [1.29, 1.82) is 0 Å². The monoisotopic (exact) mass is 368 g/mol. The average Bonchev–Trinajstić information content (AvgIpc) is 3.46. The molecule has 8 nitrogen and oxygen atoms in total. The summed E-state index contributed by atoms with van der Waals surface area (Å²) in [5.74, 6) is 0.826. The van der Waals surface area contributed by atoms with Gasteiger partial charge in [0.15, 0.2) is 12.0 Å². The summed E-state index contributed by atoms with van der Waals surface area (Å²) in [5.41, 5.74) is 4.76. The zero-order chi connectivity index (χ0) is 18.5. The van der Waals surface area contributed by atoms with E-state index < -0.39 is 0 Å². The number of hydrogen-bond donors (Lipinski definition) is 3. The lowest BCUT2D eigenvalue weighted by Gasteiger charge is -2.29. The van der Waals surface area contributed by atoms with E-state index in [9.17, 15) is 0 Å². The van der Waals surface area contributed by atoms with Crippen molar-refractivity contribution in [2.75, 3.05) is 5.32 Å². The fourth-order valence-corrected chi connectivity index (χ4v) is 3.56. The maximum Gasteiger partial charge on any atom is 0.162 e. The van der Waals surface area contributed by atoms with E-state index in [4.69, 9.17) is 4.99 Å². The Morgan fingerprint density at radius 3 is 3.14 bits per heavy atom. The van der Waals surface area contributed by atoms with Crippen LogP contribution in [0.2, 0.25) is 0 Å². The molecule has 3 aromatic heterocycles. The summed E-state index contributed by atoms with van der Waals surface area (Å²) in [7, 11) is 0. The number of nitrogens with zero attached hydrogens (tertiary/aromatic N) is 5. The van der Waals surface area contributed by atoms with Crippen molar-refractivity contribution in [3.63, 3.8) is 0 Å². The average molecular weight is 368 g/mol. The number of anilines is 1. The van der Waals surface area contributed by atoms with Crippen LogP contribution in [-0.2, 0) is 0 Å². The summed E-state index contributed by atoms with van der Waals surface area (Å²) in [6.07, 6.45) is 13.5. The third-order valence-electron chi connectivity index (χ3n) is 4.97. The summed E-state index contributed by atoms with van der Waals surface area (Å²) in [4.78, 5) is 11.3.